The van der Waals surface area contributed by atoms with Crippen LogP contribution in [0.5, 0.6) is 11.5 Å². The number of nitrogens with one attached hydrogen (secondary N) is 1. The van der Waals surface area contributed by atoms with E-state index in [2.05, 4.69) is 5.32 Å². The molecule has 1 aromatic carbocycles. The van der Waals surface area contributed by atoms with Crippen molar-refractivity contribution in [3.05, 3.63) is 12.1 Å². The van der Waals surface area contributed by atoms with Crippen molar-refractivity contribution in [2.75, 3.05) is 64.3 Å². The minimum absolute atomic E-state index is 0.123. The maximum absolute atomic E-state index is 14.1. The van der Waals surface area contributed by atoms with Crippen LogP contribution >= 0.6 is 0 Å². The van der Waals surface area contributed by atoms with Crippen LogP contribution in [0.3, 0.4) is 0 Å². The number of halogens is 1. The Morgan fingerprint density at radius 1 is 1.09 bits per heavy atom. The molecule has 34 heavy (non-hydrogen) atoms. The van der Waals surface area contributed by atoms with Gasteiger partial charge < -0.3 is 29.3 Å². The van der Waals surface area contributed by atoms with Crippen LogP contribution in [-0.2, 0) is 9.53 Å². The Morgan fingerprint density at radius 2 is 1.82 bits per heavy atom. The number of nitrogens with zero attached hydrogens (tertiary/aromatic N) is 4. The number of aromatic nitrogens is 2. The third-order valence-corrected chi connectivity index (χ3v) is 6.54. The van der Waals surface area contributed by atoms with Gasteiger partial charge in [-0.15, -0.1) is 0 Å². The number of piperidine rings is 2. The van der Waals surface area contributed by atoms with Gasteiger partial charge in [0.25, 0.3) is 0 Å². The number of likely N-dealkylation sites (tertiary alicyclic amines) is 1. The third-order valence-electron chi connectivity index (χ3n) is 6.54. The van der Waals surface area contributed by atoms with E-state index >= 15 is 0 Å². The van der Waals surface area contributed by atoms with Gasteiger partial charge >= 0.3 is 0 Å². The second-order valence-electron chi connectivity index (χ2n) is 8.82. The average Bonchev–Trinajstić information content (AvgIpc) is 2.86. The first-order valence-electron chi connectivity index (χ1n) is 11.9. The highest BCUT2D eigenvalue weighted by molar-refractivity contribution is 5.93. The Labute approximate surface area is 199 Å². The second-order valence-corrected chi connectivity index (χ2v) is 8.82. The second kappa shape index (κ2) is 11.0. The van der Waals surface area contributed by atoms with E-state index in [-0.39, 0.29) is 11.9 Å². The smallest absolute Gasteiger partial charge is 0.227 e. The molecular formula is C24H34FN5O4. The molecule has 0 radical (unpaired) electrons. The molecule has 0 saturated carbocycles. The molecule has 2 aliphatic rings. The monoisotopic (exact) mass is 475 g/mol. The number of ether oxygens (including phenoxy) is 3. The summed E-state index contributed by atoms with van der Waals surface area (Å²) >= 11 is 0. The van der Waals surface area contributed by atoms with Crippen molar-refractivity contribution in [2.45, 2.75) is 44.3 Å². The van der Waals surface area contributed by atoms with Crippen LogP contribution in [-0.4, -0.2) is 87.1 Å². The largest absolute Gasteiger partial charge is 0.493 e. The molecular weight excluding hydrogens is 441 g/mol. The molecule has 9 nitrogen and oxygen atoms in total. The van der Waals surface area contributed by atoms with Crippen molar-refractivity contribution >= 4 is 28.6 Å². The summed E-state index contributed by atoms with van der Waals surface area (Å²) in [6.07, 6.45) is 2.48. The normalized spacial score (nSPS) is 19.4. The van der Waals surface area contributed by atoms with Gasteiger partial charge in [0.1, 0.15) is 12.0 Å². The highest BCUT2D eigenvalue weighted by atomic mass is 19.1. The lowest BCUT2D eigenvalue weighted by molar-refractivity contribution is -0.133. The van der Waals surface area contributed by atoms with Crippen LogP contribution in [0.2, 0.25) is 0 Å². The first-order valence-corrected chi connectivity index (χ1v) is 11.9. The van der Waals surface area contributed by atoms with Crippen molar-refractivity contribution in [2.24, 2.45) is 0 Å². The minimum Gasteiger partial charge on any atom is -0.493 e. The predicted octanol–water partition coefficient (Wildman–Crippen LogP) is 3.02. The Kier molecular flexibility index (Phi) is 7.87. The summed E-state index contributed by atoms with van der Waals surface area (Å²) < 4.78 is 30.1. The zero-order valence-electron chi connectivity index (χ0n) is 20.2. The molecule has 0 bridgehead atoms. The Bertz CT molecular complexity index is 999. The summed E-state index contributed by atoms with van der Waals surface area (Å²) in [5, 5.41) is 4.39. The van der Waals surface area contributed by atoms with Gasteiger partial charge in [-0.2, -0.15) is 4.98 Å². The molecule has 10 heteroatoms. The van der Waals surface area contributed by atoms with Gasteiger partial charge in [-0.3, -0.25) is 4.79 Å². The first-order chi connectivity index (χ1) is 16.5. The number of benzene rings is 1. The maximum atomic E-state index is 14.1. The van der Waals surface area contributed by atoms with Crippen LogP contribution in [0.1, 0.15) is 32.1 Å². The van der Waals surface area contributed by atoms with E-state index < -0.39 is 6.17 Å². The van der Waals surface area contributed by atoms with E-state index in [9.17, 15) is 9.18 Å². The molecule has 2 aromatic rings. The molecule has 0 spiro atoms. The number of hydrogen-bond donors (Lipinski definition) is 1. The standard InChI is InChI=1S/C24H34FN5O4/c1-32-12-8-22(31)29-10-6-17(7-11-29)26-23-18-13-20(33-2)21(34-3)14-19(18)27-24(28-23)30-9-4-5-16(25)15-30/h13-14,16-17H,4-12,15H2,1-3H3,(H,26,27,28). The van der Waals surface area contributed by atoms with Crippen LogP contribution in [0.4, 0.5) is 16.2 Å². The van der Waals surface area contributed by atoms with Crippen molar-refractivity contribution in [1.29, 1.82) is 0 Å². The van der Waals surface area contributed by atoms with Crippen LogP contribution in [0.25, 0.3) is 10.9 Å². The molecule has 0 aliphatic carbocycles. The van der Waals surface area contributed by atoms with Gasteiger partial charge in [0.15, 0.2) is 11.5 Å². The van der Waals surface area contributed by atoms with E-state index in [1.165, 1.54) is 0 Å². The lowest BCUT2D eigenvalue weighted by Gasteiger charge is -2.33. The molecule has 1 amide bonds. The van der Waals surface area contributed by atoms with Crippen molar-refractivity contribution in [1.82, 2.24) is 14.9 Å². The summed E-state index contributed by atoms with van der Waals surface area (Å²) in [4.78, 5) is 25.7. The molecule has 1 N–H and O–H groups in total. The number of fused-ring (bicyclic) bond motifs is 1. The fourth-order valence-electron chi connectivity index (χ4n) is 4.62. The van der Waals surface area contributed by atoms with Crippen molar-refractivity contribution < 1.29 is 23.4 Å². The number of carbonyl (C=O) groups excluding carboxylic acids is 1. The lowest BCUT2D eigenvalue weighted by atomic mass is 10.0. The van der Waals surface area contributed by atoms with Crippen LogP contribution in [0, 0.1) is 0 Å². The zero-order chi connectivity index (χ0) is 24.1. The van der Waals surface area contributed by atoms with E-state index in [1.54, 1.807) is 21.3 Å². The molecule has 2 saturated heterocycles. The van der Waals surface area contributed by atoms with E-state index in [0.29, 0.717) is 67.9 Å². The number of rotatable bonds is 8. The zero-order valence-corrected chi connectivity index (χ0v) is 20.2. The van der Waals surface area contributed by atoms with E-state index in [0.717, 1.165) is 31.2 Å². The molecule has 1 unspecified atom stereocenters. The fourth-order valence-corrected chi connectivity index (χ4v) is 4.62. The Hall–Kier alpha value is -2.88. The number of hydrogen-bond acceptors (Lipinski definition) is 8. The van der Waals surface area contributed by atoms with Crippen molar-refractivity contribution in [3.63, 3.8) is 0 Å². The van der Waals surface area contributed by atoms with Gasteiger partial charge in [-0.05, 0) is 31.7 Å². The maximum Gasteiger partial charge on any atom is 0.227 e. The number of amides is 1. The number of anilines is 2. The van der Waals surface area contributed by atoms with Gasteiger partial charge in [0, 0.05) is 44.2 Å². The summed E-state index contributed by atoms with van der Waals surface area (Å²) in [5.74, 6) is 2.49. The van der Waals surface area contributed by atoms with Crippen molar-refractivity contribution in [3.8, 4) is 11.5 Å². The summed E-state index contributed by atoms with van der Waals surface area (Å²) in [5.41, 5.74) is 0.707. The average molecular weight is 476 g/mol. The molecule has 186 valence electrons. The minimum atomic E-state index is -0.880. The Balaban J connectivity index is 1.59. The quantitative estimate of drug-likeness (QED) is 0.623. The fraction of sp³-hybridized carbons (Fsp3) is 0.625. The molecule has 2 aliphatic heterocycles. The highest BCUT2D eigenvalue weighted by Gasteiger charge is 2.26. The molecule has 2 fully saturated rings. The molecule has 4 rings (SSSR count). The summed E-state index contributed by atoms with van der Waals surface area (Å²) in [6.45, 7) is 2.82. The summed E-state index contributed by atoms with van der Waals surface area (Å²) in [7, 11) is 4.79. The highest BCUT2D eigenvalue weighted by Crippen LogP contribution is 2.36. The number of methoxy groups -OCH3 is 3. The van der Waals surface area contributed by atoms with Crippen LogP contribution in [0.15, 0.2) is 12.1 Å². The topological polar surface area (TPSA) is 89.1 Å². The summed E-state index contributed by atoms with van der Waals surface area (Å²) in [6, 6.07) is 3.86. The molecule has 1 aromatic heterocycles. The Morgan fingerprint density at radius 3 is 2.50 bits per heavy atom. The van der Waals surface area contributed by atoms with Gasteiger partial charge in [-0.1, -0.05) is 0 Å². The van der Waals surface area contributed by atoms with Gasteiger partial charge in [-0.25, -0.2) is 9.37 Å². The van der Waals surface area contributed by atoms with E-state index in [4.69, 9.17) is 24.2 Å². The molecule has 1 atom stereocenters. The first kappa shape index (κ1) is 24.3. The van der Waals surface area contributed by atoms with Crippen LogP contribution < -0.4 is 19.7 Å². The lowest BCUT2D eigenvalue weighted by Crippen LogP contribution is -2.42. The third kappa shape index (κ3) is 5.43. The number of alkyl halides is 1. The van der Waals surface area contributed by atoms with Gasteiger partial charge in [0.05, 0.1) is 39.3 Å². The molecule has 3 heterocycles. The predicted molar refractivity (Wildman–Crippen MR) is 129 cm³/mol. The SMILES string of the molecule is COCCC(=O)N1CCC(Nc2nc(N3CCCC(F)C3)nc3cc(OC)c(OC)cc23)CC1. The number of carbonyl (C=O) groups is 1. The van der Waals surface area contributed by atoms with E-state index in [1.807, 2.05) is 21.9 Å². The van der Waals surface area contributed by atoms with Gasteiger partial charge in [0.2, 0.25) is 11.9 Å².